The minimum absolute atomic E-state index is 0.285. The molecule has 0 saturated heterocycles. The standard InChI is InChI=1S/C16H19FN2O/c1-3-6-20-14-7-12(9-19-10-14)16(18)15-8-13(17)5-4-11(15)2/h4-5,7-10,16H,3,6,18H2,1-2H3. The molecule has 0 aliphatic rings. The van der Waals surface area contributed by atoms with E-state index in [4.69, 9.17) is 10.5 Å². The van der Waals surface area contributed by atoms with E-state index >= 15 is 0 Å². The summed E-state index contributed by atoms with van der Waals surface area (Å²) >= 11 is 0. The van der Waals surface area contributed by atoms with Gasteiger partial charge in [-0.1, -0.05) is 13.0 Å². The maximum Gasteiger partial charge on any atom is 0.137 e. The highest BCUT2D eigenvalue weighted by atomic mass is 19.1. The largest absolute Gasteiger partial charge is 0.492 e. The van der Waals surface area contributed by atoms with Gasteiger partial charge in [0.15, 0.2) is 0 Å². The molecule has 0 spiro atoms. The molecule has 0 bridgehead atoms. The SMILES string of the molecule is CCCOc1cncc(C(N)c2cc(F)ccc2C)c1. The lowest BCUT2D eigenvalue weighted by Crippen LogP contribution is -2.14. The van der Waals surface area contributed by atoms with Crippen LogP contribution in [0.2, 0.25) is 0 Å². The van der Waals surface area contributed by atoms with Crippen molar-refractivity contribution in [3.05, 3.63) is 59.2 Å². The van der Waals surface area contributed by atoms with Gasteiger partial charge < -0.3 is 10.5 Å². The molecule has 1 aromatic heterocycles. The van der Waals surface area contributed by atoms with Crippen LogP contribution in [0, 0.1) is 12.7 Å². The van der Waals surface area contributed by atoms with E-state index in [0.717, 1.165) is 23.1 Å². The van der Waals surface area contributed by atoms with E-state index in [0.29, 0.717) is 12.4 Å². The second kappa shape index (κ2) is 6.48. The fourth-order valence-electron chi connectivity index (χ4n) is 2.03. The van der Waals surface area contributed by atoms with Crippen molar-refractivity contribution in [1.29, 1.82) is 0 Å². The van der Waals surface area contributed by atoms with Gasteiger partial charge in [0.2, 0.25) is 0 Å². The molecule has 2 N–H and O–H groups in total. The van der Waals surface area contributed by atoms with Crippen molar-refractivity contribution < 1.29 is 9.13 Å². The Hall–Kier alpha value is -1.94. The van der Waals surface area contributed by atoms with Gasteiger partial charge in [-0.25, -0.2) is 4.39 Å². The van der Waals surface area contributed by atoms with Crippen molar-refractivity contribution in [1.82, 2.24) is 4.98 Å². The molecule has 2 rings (SSSR count). The van der Waals surface area contributed by atoms with Crippen molar-refractivity contribution in [2.45, 2.75) is 26.3 Å². The van der Waals surface area contributed by atoms with E-state index < -0.39 is 6.04 Å². The lowest BCUT2D eigenvalue weighted by molar-refractivity contribution is 0.315. The number of aromatic nitrogens is 1. The van der Waals surface area contributed by atoms with Gasteiger partial charge in [0.25, 0.3) is 0 Å². The molecule has 0 amide bonds. The molecule has 4 heteroatoms. The number of nitrogens with two attached hydrogens (primary N) is 1. The quantitative estimate of drug-likeness (QED) is 0.909. The Balaban J connectivity index is 2.28. The Morgan fingerprint density at radius 1 is 1.30 bits per heavy atom. The van der Waals surface area contributed by atoms with E-state index in [-0.39, 0.29) is 5.82 Å². The van der Waals surface area contributed by atoms with Crippen LogP contribution in [-0.2, 0) is 0 Å². The molecule has 0 radical (unpaired) electrons. The van der Waals surface area contributed by atoms with Crippen LogP contribution in [0.1, 0.15) is 36.1 Å². The first-order valence-electron chi connectivity index (χ1n) is 6.71. The van der Waals surface area contributed by atoms with Gasteiger partial charge in [-0.3, -0.25) is 4.98 Å². The maximum absolute atomic E-state index is 13.4. The first kappa shape index (κ1) is 14.5. The van der Waals surface area contributed by atoms with Gasteiger partial charge in [0.05, 0.1) is 18.8 Å². The number of hydrogen-bond acceptors (Lipinski definition) is 3. The molecule has 2 aromatic rings. The molecule has 1 aromatic carbocycles. The fourth-order valence-corrected chi connectivity index (χ4v) is 2.03. The van der Waals surface area contributed by atoms with Crippen LogP contribution in [0.25, 0.3) is 0 Å². The zero-order chi connectivity index (χ0) is 14.5. The van der Waals surface area contributed by atoms with Crippen molar-refractivity contribution in [2.75, 3.05) is 6.61 Å². The van der Waals surface area contributed by atoms with Gasteiger partial charge >= 0.3 is 0 Å². The van der Waals surface area contributed by atoms with Gasteiger partial charge in [-0.2, -0.15) is 0 Å². The maximum atomic E-state index is 13.4. The molecule has 0 fully saturated rings. The minimum atomic E-state index is -0.414. The van der Waals surface area contributed by atoms with E-state index in [2.05, 4.69) is 4.98 Å². The van der Waals surface area contributed by atoms with Gasteiger partial charge in [0.1, 0.15) is 11.6 Å². The smallest absolute Gasteiger partial charge is 0.137 e. The van der Waals surface area contributed by atoms with E-state index in [9.17, 15) is 4.39 Å². The van der Waals surface area contributed by atoms with Crippen LogP contribution in [0.5, 0.6) is 5.75 Å². The summed E-state index contributed by atoms with van der Waals surface area (Å²) in [6.45, 7) is 4.60. The Kier molecular flexibility index (Phi) is 4.69. The van der Waals surface area contributed by atoms with Crippen LogP contribution < -0.4 is 10.5 Å². The molecule has 1 atom stereocenters. The average Bonchev–Trinajstić information content (AvgIpc) is 2.47. The molecule has 0 aliphatic carbocycles. The summed E-state index contributed by atoms with van der Waals surface area (Å²) in [6, 6.07) is 6.08. The first-order chi connectivity index (χ1) is 9.61. The molecule has 1 heterocycles. The van der Waals surface area contributed by atoms with Crippen LogP contribution in [0.3, 0.4) is 0 Å². The second-order valence-corrected chi connectivity index (χ2v) is 4.78. The summed E-state index contributed by atoms with van der Waals surface area (Å²) in [7, 11) is 0. The number of aryl methyl sites for hydroxylation is 1. The Bertz CT molecular complexity index is 586. The number of pyridine rings is 1. The topological polar surface area (TPSA) is 48.1 Å². The van der Waals surface area contributed by atoms with Crippen molar-refractivity contribution in [2.24, 2.45) is 5.73 Å². The third-order valence-electron chi connectivity index (χ3n) is 3.14. The van der Waals surface area contributed by atoms with E-state index in [1.54, 1.807) is 18.5 Å². The van der Waals surface area contributed by atoms with E-state index in [1.807, 2.05) is 19.9 Å². The third-order valence-corrected chi connectivity index (χ3v) is 3.14. The van der Waals surface area contributed by atoms with Gasteiger partial charge in [-0.15, -0.1) is 0 Å². The van der Waals surface area contributed by atoms with E-state index in [1.165, 1.54) is 12.1 Å². The highest BCUT2D eigenvalue weighted by Crippen LogP contribution is 2.25. The summed E-state index contributed by atoms with van der Waals surface area (Å²) in [5, 5.41) is 0. The molecule has 106 valence electrons. The molecule has 3 nitrogen and oxygen atoms in total. The number of benzene rings is 1. The fraction of sp³-hybridized carbons (Fsp3) is 0.312. The molecule has 20 heavy (non-hydrogen) atoms. The Labute approximate surface area is 118 Å². The zero-order valence-electron chi connectivity index (χ0n) is 11.8. The van der Waals surface area contributed by atoms with Gasteiger partial charge in [0, 0.05) is 6.20 Å². The summed E-state index contributed by atoms with van der Waals surface area (Å²) < 4.78 is 18.9. The lowest BCUT2D eigenvalue weighted by atomic mass is 9.97. The van der Waals surface area contributed by atoms with Crippen LogP contribution in [0.4, 0.5) is 4.39 Å². The monoisotopic (exact) mass is 274 g/mol. The predicted molar refractivity (Wildman–Crippen MR) is 77.2 cm³/mol. The average molecular weight is 274 g/mol. The molecular weight excluding hydrogens is 255 g/mol. The Morgan fingerprint density at radius 3 is 2.85 bits per heavy atom. The number of hydrogen-bond donors (Lipinski definition) is 1. The molecular formula is C16H19FN2O. The molecule has 0 aliphatic heterocycles. The van der Waals surface area contributed by atoms with Crippen molar-refractivity contribution in [3.8, 4) is 5.75 Å². The number of rotatable bonds is 5. The molecule has 1 unspecified atom stereocenters. The number of ether oxygens (including phenoxy) is 1. The lowest BCUT2D eigenvalue weighted by Gasteiger charge is -2.16. The van der Waals surface area contributed by atoms with Crippen LogP contribution in [0.15, 0.2) is 36.7 Å². The third kappa shape index (κ3) is 3.33. The number of nitrogens with zero attached hydrogens (tertiary/aromatic N) is 1. The summed E-state index contributed by atoms with van der Waals surface area (Å²) in [6.07, 6.45) is 4.28. The van der Waals surface area contributed by atoms with Crippen LogP contribution >= 0.6 is 0 Å². The highest BCUT2D eigenvalue weighted by molar-refractivity contribution is 5.38. The van der Waals surface area contributed by atoms with Crippen LogP contribution in [-0.4, -0.2) is 11.6 Å². The van der Waals surface area contributed by atoms with Crippen molar-refractivity contribution in [3.63, 3.8) is 0 Å². The second-order valence-electron chi connectivity index (χ2n) is 4.78. The summed E-state index contributed by atoms with van der Waals surface area (Å²) in [5.74, 6) is 0.404. The number of halogens is 1. The van der Waals surface area contributed by atoms with Gasteiger partial charge in [-0.05, 0) is 48.2 Å². The molecule has 0 saturated carbocycles. The first-order valence-corrected chi connectivity index (χ1v) is 6.71. The summed E-state index contributed by atoms with van der Waals surface area (Å²) in [5.41, 5.74) is 8.75. The predicted octanol–water partition coefficient (Wildman–Crippen LogP) is 3.37. The summed E-state index contributed by atoms with van der Waals surface area (Å²) in [4.78, 5) is 4.14. The Morgan fingerprint density at radius 2 is 2.10 bits per heavy atom. The normalized spacial score (nSPS) is 12.2. The zero-order valence-corrected chi connectivity index (χ0v) is 11.8. The highest BCUT2D eigenvalue weighted by Gasteiger charge is 2.13. The minimum Gasteiger partial charge on any atom is -0.492 e. The van der Waals surface area contributed by atoms with Crippen molar-refractivity contribution >= 4 is 0 Å².